The fourth-order valence-corrected chi connectivity index (χ4v) is 3.50. The summed E-state index contributed by atoms with van der Waals surface area (Å²) in [6.07, 6.45) is 1.53. The highest BCUT2D eigenvalue weighted by atomic mass is 79.9. The van der Waals surface area contributed by atoms with Crippen LogP contribution < -0.4 is 4.74 Å². The van der Waals surface area contributed by atoms with Crippen LogP contribution >= 0.6 is 15.9 Å². The van der Waals surface area contributed by atoms with E-state index in [4.69, 9.17) is 9.47 Å². The van der Waals surface area contributed by atoms with Gasteiger partial charge < -0.3 is 14.4 Å². The van der Waals surface area contributed by atoms with Gasteiger partial charge in [-0.2, -0.15) is 0 Å². The van der Waals surface area contributed by atoms with Crippen molar-refractivity contribution in [3.05, 3.63) is 64.1 Å². The van der Waals surface area contributed by atoms with Crippen LogP contribution in [0.2, 0.25) is 0 Å². The second-order valence-electron chi connectivity index (χ2n) is 8.14. The third-order valence-corrected chi connectivity index (χ3v) is 5.20. The minimum atomic E-state index is -0.512. The molecule has 1 heterocycles. The molecule has 3 rings (SSSR count). The molecule has 29 heavy (non-hydrogen) atoms. The van der Waals surface area contributed by atoms with E-state index in [0.717, 1.165) is 17.3 Å². The average molecular weight is 460 g/mol. The van der Waals surface area contributed by atoms with Crippen LogP contribution in [0, 0.1) is 0 Å². The molecule has 0 spiro atoms. The molecule has 6 heteroatoms. The molecule has 154 valence electrons. The van der Waals surface area contributed by atoms with Crippen molar-refractivity contribution in [3.8, 4) is 5.75 Å². The van der Waals surface area contributed by atoms with Crippen molar-refractivity contribution >= 4 is 27.8 Å². The van der Waals surface area contributed by atoms with E-state index in [-0.39, 0.29) is 17.9 Å². The van der Waals surface area contributed by atoms with Gasteiger partial charge >= 0.3 is 6.09 Å². The Bertz CT molecular complexity index is 856. The maximum Gasteiger partial charge on any atom is 0.410 e. The molecule has 0 bridgehead atoms. The molecule has 1 fully saturated rings. The second-order valence-corrected chi connectivity index (χ2v) is 9.06. The second kappa shape index (κ2) is 8.99. The standard InChI is InChI=1S/C23H26BrNO4/c1-23(2,3)29-22(27)25-14-4-5-19(25)15-28-20-12-8-17(9-13-20)21(26)16-6-10-18(24)11-7-16/h6-13,19H,4-5,14-15H2,1-3H3/t19-/m0/s1. The number of halogens is 1. The lowest BCUT2D eigenvalue weighted by atomic mass is 10.0. The van der Waals surface area contributed by atoms with Crippen molar-refractivity contribution in [2.45, 2.75) is 45.3 Å². The first-order valence-electron chi connectivity index (χ1n) is 9.76. The van der Waals surface area contributed by atoms with E-state index < -0.39 is 5.60 Å². The summed E-state index contributed by atoms with van der Waals surface area (Å²) < 4.78 is 12.3. The fourth-order valence-electron chi connectivity index (χ4n) is 3.23. The van der Waals surface area contributed by atoms with E-state index in [0.29, 0.717) is 30.0 Å². The Morgan fingerprint density at radius 2 is 1.62 bits per heavy atom. The van der Waals surface area contributed by atoms with E-state index in [1.165, 1.54) is 0 Å². The molecule has 2 aromatic carbocycles. The molecule has 5 nitrogen and oxygen atoms in total. The summed E-state index contributed by atoms with van der Waals surface area (Å²) in [6.45, 7) is 6.68. The number of carbonyl (C=O) groups is 2. The maximum atomic E-state index is 12.6. The Labute approximate surface area is 180 Å². The quantitative estimate of drug-likeness (QED) is 0.557. The number of nitrogens with zero attached hydrogens (tertiary/aromatic N) is 1. The zero-order valence-corrected chi connectivity index (χ0v) is 18.6. The number of ether oxygens (including phenoxy) is 2. The summed E-state index contributed by atoms with van der Waals surface area (Å²) in [6, 6.07) is 14.4. The first-order valence-corrected chi connectivity index (χ1v) is 10.5. The number of rotatable bonds is 5. The Balaban J connectivity index is 1.58. The SMILES string of the molecule is CC(C)(C)OC(=O)N1CCC[C@H]1COc1ccc(C(=O)c2ccc(Br)cc2)cc1. The summed E-state index contributed by atoms with van der Waals surface area (Å²) in [7, 11) is 0. The van der Waals surface area contributed by atoms with Crippen LogP contribution in [0.3, 0.4) is 0 Å². The highest BCUT2D eigenvalue weighted by Crippen LogP contribution is 2.23. The van der Waals surface area contributed by atoms with Crippen LogP contribution in [0.5, 0.6) is 5.75 Å². The van der Waals surface area contributed by atoms with Gasteiger partial charge in [0.25, 0.3) is 0 Å². The highest BCUT2D eigenvalue weighted by molar-refractivity contribution is 9.10. The zero-order chi connectivity index (χ0) is 21.0. The topological polar surface area (TPSA) is 55.8 Å². The molecule has 0 radical (unpaired) electrons. The Kier molecular flexibility index (Phi) is 6.63. The largest absolute Gasteiger partial charge is 0.491 e. The van der Waals surface area contributed by atoms with Crippen molar-refractivity contribution in [1.29, 1.82) is 0 Å². The molecule has 1 aliphatic heterocycles. The number of ketones is 1. The molecule has 2 aromatic rings. The number of carbonyl (C=O) groups excluding carboxylic acids is 2. The van der Waals surface area contributed by atoms with Gasteiger partial charge in [-0.1, -0.05) is 15.9 Å². The van der Waals surface area contributed by atoms with Gasteiger partial charge in [0.05, 0.1) is 6.04 Å². The summed E-state index contributed by atoms with van der Waals surface area (Å²) >= 11 is 3.37. The number of amides is 1. The minimum absolute atomic E-state index is 0.00563. The summed E-state index contributed by atoms with van der Waals surface area (Å²) in [5.74, 6) is 0.643. The van der Waals surface area contributed by atoms with Crippen LogP contribution in [0.25, 0.3) is 0 Å². The van der Waals surface area contributed by atoms with E-state index in [9.17, 15) is 9.59 Å². The molecule has 1 saturated heterocycles. The molecule has 1 atom stereocenters. The third kappa shape index (κ3) is 5.82. The van der Waals surface area contributed by atoms with E-state index in [1.54, 1.807) is 41.3 Å². The summed E-state index contributed by atoms with van der Waals surface area (Å²) in [5, 5.41) is 0. The van der Waals surface area contributed by atoms with Gasteiger partial charge in [-0.15, -0.1) is 0 Å². The highest BCUT2D eigenvalue weighted by Gasteiger charge is 2.32. The van der Waals surface area contributed by atoms with Crippen molar-refractivity contribution in [1.82, 2.24) is 4.90 Å². The first kappa shape index (κ1) is 21.4. The van der Waals surface area contributed by atoms with Crippen molar-refractivity contribution < 1.29 is 19.1 Å². The fraction of sp³-hybridized carbons (Fsp3) is 0.391. The van der Waals surface area contributed by atoms with Gasteiger partial charge in [0.1, 0.15) is 18.0 Å². The van der Waals surface area contributed by atoms with E-state index in [1.807, 2.05) is 32.9 Å². The van der Waals surface area contributed by atoms with Crippen LogP contribution in [0.1, 0.15) is 49.5 Å². The lowest BCUT2D eigenvalue weighted by Crippen LogP contribution is -2.42. The van der Waals surface area contributed by atoms with Gasteiger partial charge in [-0.3, -0.25) is 4.79 Å². The maximum absolute atomic E-state index is 12.6. The summed E-state index contributed by atoms with van der Waals surface area (Å²) in [5.41, 5.74) is 0.735. The minimum Gasteiger partial charge on any atom is -0.491 e. The lowest BCUT2D eigenvalue weighted by Gasteiger charge is -2.28. The van der Waals surface area contributed by atoms with Crippen molar-refractivity contribution in [2.24, 2.45) is 0 Å². The predicted octanol–water partition coefficient (Wildman–Crippen LogP) is 5.46. The monoisotopic (exact) mass is 459 g/mol. The molecular weight excluding hydrogens is 434 g/mol. The van der Waals surface area contributed by atoms with Crippen LogP contribution in [-0.4, -0.2) is 41.6 Å². The molecule has 0 N–H and O–H groups in total. The molecular formula is C23H26BrNO4. The normalized spacial score (nSPS) is 16.6. The van der Waals surface area contributed by atoms with E-state index in [2.05, 4.69) is 15.9 Å². The molecule has 1 aliphatic rings. The van der Waals surface area contributed by atoms with Crippen LogP contribution in [0.15, 0.2) is 53.0 Å². The predicted molar refractivity (Wildman–Crippen MR) is 115 cm³/mol. The smallest absolute Gasteiger partial charge is 0.410 e. The van der Waals surface area contributed by atoms with Gasteiger partial charge in [-0.25, -0.2) is 4.79 Å². The molecule has 0 unspecified atom stereocenters. The molecule has 0 aliphatic carbocycles. The summed E-state index contributed by atoms with van der Waals surface area (Å²) in [4.78, 5) is 26.7. The Hall–Kier alpha value is -2.34. The van der Waals surface area contributed by atoms with Crippen molar-refractivity contribution in [2.75, 3.05) is 13.2 Å². The molecule has 0 aromatic heterocycles. The van der Waals surface area contributed by atoms with Gasteiger partial charge in [0, 0.05) is 22.1 Å². The van der Waals surface area contributed by atoms with Crippen molar-refractivity contribution in [3.63, 3.8) is 0 Å². The lowest BCUT2D eigenvalue weighted by molar-refractivity contribution is 0.0187. The van der Waals surface area contributed by atoms with Gasteiger partial charge in [-0.05, 0) is 82.1 Å². The molecule has 1 amide bonds. The van der Waals surface area contributed by atoms with Gasteiger partial charge in [0.15, 0.2) is 5.78 Å². The van der Waals surface area contributed by atoms with Crippen LogP contribution in [0.4, 0.5) is 4.79 Å². The number of hydrogen-bond acceptors (Lipinski definition) is 4. The van der Waals surface area contributed by atoms with Gasteiger partial charge in [0.2, 0.25) is 0 Å². The zero-order valence-electron chi connectivity index (χ0n) is 17.0. The Morgan fingerprint density at radius 3 is 2.21 bits per heavy atom. The van der Waals surface area contributed by atoms with Crippen LogP contribution in [-0.2, 0) is 4.74 Å². The molecule has 0 saturated carbocycles. The number of likely N-dealkylation sites (tertiary alicyclic amines) is 1. The Morgan fingerprint density at radius 1 is 1.03 bits per heavy atom. The van der Waals surface area contributed by atoms with E-state index >= 15 is 0 Å². The number of hydrogen-bond donors (Lipinski definition) is 0. The third-order valence-electron chi connectivity index (χ3n) is 4.67. The number of benzene rings is 2. The first-order chi connectivity index (χ1) is 13.7. The average Bonchev–Trinajstić information content (AvgIpc) is 3.14.